The first kappa shape index (κ1) is 13.0. The van der Waals surface area contributed by atoms with Gasteiger partial charge in [0, 0.05) is 25.8 Å². The Bertz CT molecular complexity index is 307. The van der Waals surface area contributed by atoms with E-state index in [1.54, 1.807) is 0 Å². The highest BCUT2D eigenvalue weighted by Gasteiger charge is 2.02. The zero-order valence-corrected chi connectivity index (χ0v) is 10.7. The second kappa shape index (κ2) is 6.54. The Labute approximate surface area is 99.5 Å². The minimum atomic E-state index is 0.619. The van der Waals surface area contributed by atoms with Gasteiger partial charge in [-0.1, -0.05) is 26.0 Å². The van der Waals surface area contributed by atoms with Crippen LogP contribution in [0.1, 0.15) is 32.3 Å². The fraction of sp³-hybridized carbons (Fsp3) is 0.571. The number of benzene rings is 1. The SMILES string of the molecule is CC(C)CCCN(C)c1cccc(CN)c1. The summed E-state index contributed by atoms with van der Waals surface area (Å²) in [6.07, 6.45) is 2.54. The molecule has 0 heterocycles. The monoisotopic (exact) mass is 220 g/mol. The Morgan fingerprint density at radius 1 is 1.31 bits per heavy atom. The van der Waals surface area contributed by atoms with Crippen molar-refractivity contribution in [3.63, 3.8) is 0 Å². The number of hydrogen-bond acceptors (Lipinski definition) is 2. The Kier molecular flexibility index (Phi) is 5.33. The van der Waals surface area contributed by atoms with Crippen LogP contribution in [0, 0.1) is 5.92 Å². The maximum atomic E-state index is 5.64. The van der Waals surface area contributed by atoms with Gasteiger partial charge in [-0.05, 0) is 36.5 Å². The fourth-order valence-corrected chi connectivity index (χ4v) is 1.79. The molecule has 90 valence electrons. The molecular weight excluding hydrogens is 196 g/mol. The Hall–Kier alpha value is -1.02. The fourth-order valence-electron chi connectivity index (χ4n) is 1.79. The van der Waals surface area contributed by atoms with E-state index in [1.165, 1.54) is 24.1 Å². The molecule has 1 aromatic carbocycles. The van der Waals surface area contributed by atoms with Crippen LogP contribution in [0.3, 0.4) is 0 Å². The summed E-state index contributed by atoms with van der Waals surface area (Å²) >= 11 is 0. The Morgan fingerprint density at radius 2 is 2.06 bits per heavy atom. The molecule has 0 aliphatic rings. The van der Waals surface area contributed by atoms with Gasteiger partial charge in [0.05, 0.1) is 0 Å². The van der Waals surface area contributed by atoms with Crippen molar-refractivity contribution in [3.8, 4) is 0 Å². The van der Waals surface area contributed by atoms with Gasteiger partial charge in [0.15, 0.2) is 0 Å². The number of hydrogen-bond donors (Lipinski definition) is 1. The van der Waals surface area contributed by atoms with Crippen LogP contribution in [-0.2, 0) is 6.54 Å². The lowest BCUT2D eigenvalue weighted by Crippen LogP contribution is -2.19. The molecule has 0 bridgehead atoms. The zero-order chi connectivity index (χ0) is 12.0. The topological polar surface area (TPSA) is 29.3 Å². The summed E-state index contributed by atoms with van der Waals surface area (Å²) in [4.78, 5) is 2.31. The van der Waals surface area contributed by atoms with E-state index in [2.05, 4.69) is 50.1 Å². The summed E-state index contributed by atoms with van der Waals surface area (Å²) in [7, 11) is 2.15. The Morgan fingerprint density at radius 3 is 2.69 bits per heavy atom. The van der Waals surface area contributed by atoms with Crippen LogP contribution < -0.4 is 10.6 Å². The lowest BCUT2D eigenvalue weighted by molar-refractivity contribution is 0.556. The summed E-state index contributed by atoms with van der Waals surface area (Å²) in [6, 6.07) is 8.48. The maximum Gasteiger partial charge on any atom is 0.0366 e. The van der Waals surface area contributed by atoms with Gasteiger partial charge < -0.3 is 10.6 Å². The number of nitrogens with two attached hydrogens (primary N) is 1. The third kappa shape index (κ3) is 4.23. The molecule has 0 aromatic heterocycles. The first-order chi connectivity index (χ1) is 7.63. The van der Waals surface area contributed by atoms with E-state index in [1.807, 2.05) is 0 Å². The molecule has 0 unspecified atom stereocenters. The molecule has 16 heavy (non-hydrogen) atoms. The second-order valence-corrected chi connectivity index (χ2v) is 4.83. The van der Waals surface area contributed by atoms with E-state index < -0.39 is 0 Å². The van der Waals surface area contributed by atoms with Gasteiger partial charge in [-0.3, -0.25) is 0 Å². The Balaban J connectivity index is 2.48. The van der Waals surface area contributed by atoms with E-state index in [0.29, 0.717) is 6.54 Å². The molecule has 0 saturated heterocycles. The molecular formula is C14H24N2. The summed E-state index contributed by atoms with van der Waals surface area (Å²) in [5.41, 5.74) is 8.11. The minimum Gasteiger partial charge on any atom is -0.375 e. The van der Waals surface area contributed by atoms with E-state index in [4.69, 9.17) is 5.73 Å². The molecule has 1 aromatic rings. The molecule has 2 nitrogen and oxygen atoms in total. The molecule has 0 spiro atoms. The van der Waals surface area contributed by atoms with Crippen LogP contribution in [0.5, 0.6) is 0 Å². The molecule has 0 radical (unpaired) electrons. The van der Waals surface area contributed by atoms with Gasteiger partial charge in [0.1, 0.15) is 0 Å². The van der Waals surface area contributed by atoms with Gasteiger partial charge >= 0.3 is 0 Å². The lowest BCUT2D eigenvalue weighted by atomic mass is 10.1. The van der Waals surface area contributed by atoms with Gasteiger partial charge in [-0.25, -0.2) is 0 Å². The molecule has 2 heteroatoms. The third-order valence-electron chi connectivity index (χ3n) is 2.86. The van der Waals surface area contributed by atoms with Crippen molar-refractivity contribution >= 4 is 5.69 Å². The van der Waals surface area contributed by atoms with Crippen molar-refractivity contribution in [1.29, 1.82) is 0 Å². The van der Waals surface area contributed by atoms with Crippen LogP contribution in [0.2, 0.25) is 0 Å². The molecule has 2 N–H and O–H groups in total. The van der Waals surface area contributed by atoms with Crippen molar-refractivity contribution in [2.75, 3.05) is 18.5 Å². The third-order valence-corrected chi connectivity index (χ3v) is 2.86. The van der Waals surface area contributed by atoms with Crippen molar-refractivity contribution in [3.05, 3.63) is 29.8 Å². The molecule has 0 aliphatic heterocycles. The smallest absolute Gasteiger partial charge is 0.0366 e. The molecule has 1 rings (SSSR count). The van der Waals surface area contributed by atoms with E-state index >= 15 is 0 Å². The van der Waals surface area contributed by atoms with Gasteiger partial charge in [-0.2, -0.15) is 0 Å². The predicted octanol–water partition coefficient (Wildman–Crippen LogP) is 3.02. The van der Waals surface area contributed by atoms with Crippen LogP contribution in [0.25, 0.3) is 0 Å². The summed E-state index contributed by atoms with van der Waals surface area (Å²) in [6.45, 7) is 6.28. The van der Waals surface area contributed by atoms with Crippen LogP contribution in [0.4, 0.5) is 5.69 Å². The van der Waals surface area contributed by atoms with E-state index in [0.717, 1.165) is 12.5 Å². The second-order valence-electron chi connectivity index (χ2n) is 4.83. The lowest BCUT2D eigenvalue weighted by Gasteiger charge is -2.20. The summed E-state index contributed by atoms with van der Waals surface area (Å²) in [5.74, 6) is 0.795. The average Bonchev–Trinajstić information content (AvgIpc) is 2.28. The largest absolute Gasteiger partial charge is 0.375 e. The van der Waals surface area contributed by atoms with E-state index in [9.17, 15) is 0 Å². The highest BCUT2D eigenvalue weighted by atomic mass is 15.1. The highest BCUT2D eigenvalue weighted by molar-refractivity contribution is 5.47. The standard InChI is InChI=1S/C14H24N2/c1-12(2)6-5-9-16(3)14-8-4-7-13(10-14)11-15/h4,7-8,10,12H,5-6,9,11,15H2,1-3H3. The summed E-state index contributed by atoms with van der Waals surface area (Å²) in [5, 5.41) is 0. The zero-order valence-electron chi connectivity index (χ0n) is 10.7. The number of anilines is 1. The molecule has 0 aliphatic carbocycles. The van der Waals surface area contributed by atoms with Crippen LogP contribution >= 0.6 is 0 Å². The van der Waals surface area contributed by atoms with Crippen LogP contribution in [0.15, 0.2) is 24.3 Å². The molecule has 0 atom stereocenters. The van der Waals surface area contributed by atoms with Gasteiger partial charge in [-0.15, -0.1) is 0 Å². The minimum absolute atomic E-state index is 0.619. The molecule has 0 saturated carbocycles. The maximum absolute atomic E-state index is 5.64. The van der Waals surface area contributed by atoms with Crippen molar-refractivity contribution in [2.24, 2.45) is 11.7 Å². The van der Waals surface area contributed by atoms with Crippen molar-refractivity contribution in [2.45, 2.75) is 33.2 Å². The first-order valence-corrected chi connectivity index (χ1v) is 6.13. The van der Waals surface area contributed by atoms with Gasteiger partial charge in [0.25, 0.3) is 0 Å². The molecule has 0 amide bonds. The quantitative estimate of drug-likeness (QED) is 0.798. The predicted molar refractivity (Wildman–Crippen MR) is 71.7 cm³/mol. The van der Waals surface area contributed by atoms with Crippen LogP contribution in [-0.4, -0.2) is 13.6 Å². The van der Waals surface area contributed by atoms with Gasteiger partial charge in [0.2, 0.25) is 0 Å². The van der Waals surface area contributed by atoms with Crippen molar-refractivity contribution < 1.29 is 0 Å². The van der Waals surface area contributed by atoms with Crippen molar-refractivity contribution in [1.82, 2.24) is 0 Å². The number of nitrogens with zero attached hydrogens (tertiary/aromatic N) is 1. The molecule has 0 fully saturated rings. The normalized spacial score (nSPS) is 10.8. The number of rotatable bonds is 6. The summed E-state index contributed by atoms with van der Waals surface area (Å²) < 4.78 is 0. The van der Waals surface area contributed by atoms with E-state index in [-0.39, 0.29) is 0 Å². The first-order valence-electron chi connectivity index (χ1n) is 6.13. The highest BCUT2D eigenvalue weighted by Crippen LogP contribution is 2.15. The average molecular weight is 220 g/mol.